The van der Waals surface area contributed by atoms with Gasteiger partial charge in [0.15, 0.2) is 0 Å². The summed E-state index contributed by atoms with van der Waals surface area (Å²) in [7, 11) is -2.41. The highest BCUT2D eigenvalue weighted by Gasteiger charge is 2.47. The second kappa shape index (κ2) is 8.38. The molecule has 3 fully saturated rings. The van der Waals surface area contributed by atoms with Gasteiger partial charge in [-0.05, 0) is 61.1 Å². The lowest BCUT2D eigenvalue weighted by molar-refractivity contribution is -0.170. The molecule has 0 bridgehead atoms. The van der Waals surface area contributed by atoms with Crippen molar-refractivity contribution in [3.8, 4) is 16.9 Å². The largest absolute Gasteiger partial charge is 0.497 e. The summed E-state index contributed by atoms with van der Waals surface area (Å²) in [4.78, 5) is 13.7. The summed E-state index contributed by atoms with van der Waals surface area (Å²) < 4.78 is 53.8. The molecule has 1 amide bonds. The Balaban J connectivity index is 1.30. The molecular weight excluding hydrogens is 447 g/mol. The highest BCUT2D eigenvalue weighted by Crippen LogP contribution is 2.37. The van der Waals surface area contributed by atoms with E-state index in [1.165, 1.54) is 16.4 Å². The van der Waals surface area contributed by atoms with E-state index in [9.17, 15) is 17.6 Å². The Morgan fingerprint density at radius 2 is 1.73 bits per heavy atom. The molecule has 176 valence electrons. The van der Waals surface area contributed by atoms with Gasteiger partial charge in [0.05, 0.1) is 19.3 Å². The number of benzene rings is 2. The maximum atomic E-state index is 15.0. The Labute approximate surface area is 193 Å². The van der Waals surface area contributed by atoms with Crippen molar-refractivity contribution in [3.63, 3.8) is 0 Å². The van der Waals surface area contributed by atoms with Gasteiger partial charge < -0.3 is 14.4 Å². The lowest BCUT2D eigenvalue weighted by Crippen LogP contribution is -2.59. The minimum absolute atomic E-state index is 0.0113. The maximum Gasteiger partial charge on any atom is 0.248 e. The van der Waals surface area contributed by atoms with Crippen LogP contribution in [-0.2, 0) is 19.6 Å². The molecule has 0 N–H and O–H groups in total. The molecule has 1 aliphatic carbocycles. The van der Waals surface area contributed by atoms with Crippen molar-refractivity contribution in [1.82, 2.24) is 9.21 Å². The van der Waals surface area contributed by atoms with Crippen molar-refractivity contribution < 1.29 is 27.1 Å². The molecule has 3 aliphatic rings. The Morgan fingerprint density at radius 1 is 1.06 bits per heavy atom. The van der Waals surface area contributed by atoms with Crippen molar-refractivity contribution in [2.24, 2.45) is 0 Å². The number of sulfonamides is 1. The Bertz CT molecular complexity index is 1160. The molecule has 0 atom stereocenters. The van der Waals surface area contributed by atoms with E-state index in [2.05, 4.69) is 0 Å². The number of amides is 1. The highest BCUT2D eigenvalue weighted by atomic mass is 32.2. The number of halogens is 1. The van der Waals surface area contributed by atoms with Crippen molar-refractivity contribution in [3.05, 3.63) is 48.3 Å². The number of hydrogen-bond acceptors (Lipinski definition) is 5. The van der Waals surface area contributed by atoms with Gasteiger partial charge in [0.2, 0.25) is 15.9 Å². The number of morpholine rings is 1. The molecule has 2 aromatic rings. The smallest absolute Gasteiger partial charge is 0.248 e. The van der Waals surface area contributed by atoms with Crippen molar-refractivity contribution in [1.29, 1.82) is 0 Å². The summed E-state index contributed by atoms with van der Waals surface area (Å²) in [5.74, 6) is -0.0759. The van der Waals surface area contributed by atoms with Crippen molar-refractivity contribution in [2.75, 3.05) is 33.4 Å². The molecule has 7 nitrogen and oxygen atoms in total. The molecule has 33 heavy (non-hydrogen) atoms. The summed E-state index contributed by atoms with van der Waals surface area (Å²) in [6, 6.07) is 11.6. The predicted octanol–water partition coefficient (Wildman–Crippen LogP) is 3.05. The summed E-state index contributed by atoms with van der Waals surface area (Å²) in [6.07, 6.45) is 3.00. The summed E-state index contributed by atoms with van der Waals surface area (Å²) >= 11 is 0. The van der Waals surface area contributed by atoms with Crippen LogP contribution in [0.4, 0.5) is 4.39 Å². The molecule has 5 rings (SSSR count). The molecule has 1 spiro atoms. The van der Waals surface area contributed by atoms with Gasteiger partial charge in [0.1, 0.15) is 23.1 Å². The second-order valence-corrected chi connectivity index (χ2v) is 10.9. The van der Waals surface area contributed by atoms with Crippen LogP contribution in [0.2, 0.25) is 0 Å². The van der Waals surface area contributed by atoms with Crippen LogP contribution in [0.3, 0.4) is 0 Å². The molecule has 2 heterocycles. The molecule has 0 aromatic heterocycles. The van der Waals surface area contributed by atoms with E-state index in [1.54, 1.807) is 37.4 Å². The van der Waals surface area contributed by atoms with Gasteiger partial charge in [-0.2, -0.15) is 4.31 Å². The standard InChI is InChI=1S/C24H27FN2O5S/c1-31-20-7-2-17(3-8-20)18-4-9-22(21(25)14-18)33(29,30)26-12-10-24(11-13-26)16-27(19-5-6-19)23(28)15-32-24/h2-4,7-9,14,19H,5-6,10-13,15-16H2,1H3. The maximum absolute atomic E-state index is 15.0. The molecule has 2 aromatic carbocycles. The average molecular weight is 475 g/mol. The molecule has 9 heteroatoms. The Morgan fingerprint density at radius 3 is 2.33 bits per heavy atom. The van der Waals surface area contributed by atoms with Crippen LogP contribution in [0.15, 0.2) is 47.4 Å². The van der Waals surface area contributed by atoms with E-state index in [-0.39, 0.29) is 30.5 Å². The van der Waals surface area contributed by atoms with Crippen LogP contribution in [0.25, 0.3) is 11.1 Å². The number of rotatable bonds is 5. The first-order valence-corrected chi connectivity index (χ1v) is 12.6. The number of carbonyl (C=O) groups is 1. The normalized spacial score (nSPS) is 21.4. The van der Waals surface area contributed by atoms with E-state index in [1.807, 2.05) is 4.90 Å². The van der Waals surface area contributed by atoms with Gasteiger partial charge in [-0.15, -0.1) is 0 Å². The zero-order valence-electron chi connectivity index (χ0n) is 18.5. The predicted molar refractivity (Wildman–Crippen MR) is 120 cm³/mol. The minimum atomic E-state index is -3.98. The van der Waals surface area contributed by atoms with Crippen LogP contribution in [-0.4, -0.2) is 68.5 Å². The van der Waals surface area contributed by atoms with E-state index in [0.29, 0.717) is 36.7 Å². The van der Waals surface area contributed by atoms with Gasteiger partial charge in [-0.3, -0.25) is 4.79 Å². The van der Waals surface area contributed by atoms with E-state index < -0.39 is 21.4 Å². The summed E-state index contributed by atoms with van der Waals surface area (Å²) in [6.45, 7) is 1.02. The van der Waals surface area contributed by atoms with E-state index >= 15 is 0 Å². The van der Waals surface area contributed by atoms with E-state index in [0.717, 1.165) is 18.4 Å². The Kier molecular flexibility index (Phi) is 5.66. The van der Waals surface area contributed by atoms with Crippen molar-refractivity contribution >= 4 is 15.9 Å². The van der Waals surface area contributed by atoms with Gasteiger partial charge in [0.25, 0.3) is 0 Å². The first-order valence-electron chi connectivity index (χ1n) is 11.2. The summed E-state index contributed by atoms with van der Waals surface area (Å²) in [5.41, 5.74) is 0.842. The third-order valence-electron chi connectivity index (χ3n) is 6.88. The third-order valence-corrected chi connectivity index (χ3v) is 8.81. The fourth-order valence-corrected chi connectivity index (χ4v) is 6.20. The molecular formula is C24H27FN2O5S. The van der Waals surface area contributed by atoms with Gasteiger partial charge in [0, 0.05) is 19.1 Å². The first-order chi connectivity index (χ1) is 15.8. The number of carbonyl (C=O) groups excluding carboxylic acids is 1. The Hall–Kier alpha value is -2.49. The topological polar surface area (TPSA) is 76.2 Å². The van der Waals surface area contributed by atoms with Gasteiger partial charge in [-0.25, -0.2) is 12.8 Å². The molecule has 2 aliphatic heterocycles. The van der Waals surface area contributed by atoms with E-state index in [4.69, 9.17) is 9.47 Å². The fraction of sp³-hybridized carbons (Fsp3) is 0.458. The van der Waals surface area contributed by atoms with Gasteiger partial charge >= 0.3 is 0 Å². The third kappa shape index (κ3) is 4.25. The van der Waals surface area contributed by atoms with Gasteiger partial charge in [-0.1, -0.05) is 18.2 Å². The fourth-order valence-electron chi connectivity index (χ4n) is 4.71. The zero-order chi connectivity index (χ0) is 23.2. The van der Waals surface area contributed by atoms with Crippen LogP contribution < -0.4 is 4.74 Å². The average Bonchev–Trinajstić information content (AvgIpc) is 3.66. The zero-order valence-corrected chi connectivity index (χ0v) is 19.3. The van der Waals surface area contributed by atoms with Crippen LogP contribution in [0.5, 0.6) is 5.75 Å². The molecule has 2 saturated heterocycles. The first kappa shape index (κ1) is 22.3. The van der Waals surface area contributed by atoms with Crippen molar-refractivity contribution in [2.45, 2.75) is 42.2 Å². The number of hydrogen-bond donors (Lipinski definition) is 0. The minimum Gasteiger partial charge on any atom is -0.497 e. The lowest BCUT2D eigenvalue weighted by Gasteiger charge is -2.46. The SMILES string of the molecule is COc1ccc(-c2ccc(S(=O)(=O)N3CCC4(CC3)CN(C3CC3)C(=O)CO4)c(F)c2)cc1. The lowest BCUT2D eigenvalue weighted by atomic mass is 9.90. The monoisotopic (exact) mass is 474 g/mol. The number of nitrogens with zero attached hydrogens (tertiary/aromatic N) is 2. The summed E-state index contributed by atoms with van der Waals surface area (Å²) in [5, 5.41) is 0. The number of methoxy groups -OCH3 is 1. The number of ether oxygens (including phenoxy) is 2. The highest BCUT2D eigenvalue weighted by molar-refractivity contribution is 7.89. The molecule has 0 radical (unpaired) electrons. The van der Waals surface area contributed by atoms with Crippen LogP contribution in [0, 0.1) is 5.82 Å². The molecule has 0 unspecified atom stereocenters. The number of piperidine rings is 1. The second-order valence-electron chi connectivity index (χ2n) is 9.00. The molecule has 1 saturated carbocycles. The van der Waals surface area contributed by atoms with Crippen LogP contribution in [0.1, 0.15) is 25.7 Å². The van der Waals surface area contributed by atoms with Crippen LogP contribution >= 0.6 is 0 Å². The quantitative estimate of drug-likeness (QED) is 0.666.